The van der Waals surface area contributed by atoms with Crippen LogP contribution in [-0.4, -0.2) is 45.9 Å². The molecule has 0 aromatic heterocycles. The van der Waals surface area contributed by atoms with Crippen LogP contribution in [0.25, 0.3) is 0 Å². The molecule has 2 rings (SSSR count). The van der Waals surface area contributed by atoms with Gasteiger partial charge in [0.25, 0.3) is 0 Å². The molecule has 0 aromatic carbocycles. The third-order valence-corrected chi connectivity index (χ3v) is 4.34. The first-order valence-corrected chi connectivity index (χ1v) is 7.62. The summed E-state index contributed by atoms with van der Waals surface area (Å²) in [6.07, 6.45) is 2.52. The molecule has 0 radical (unpaired) electrons. The molecule has 1 saturated heterocycles. The molecule has 1 aliphatic carbocycles. The second kappa shape index (κ2) is 5.75. The summed E-state index contributed by atoms with van der Waals surface area (Å²) in [5.74, 6) is -1.04. The Morgan fingerprint density at radius 2 is 1.90 bits per heavy atom. The number of unbranched alkanes of at least 4 members (excludes halogenated alkanes) is 1. The molecular formula is C15H24N2O4. The number of carboxylic acids is 1. The zero-order chi connectivity index (χ0) is 15.8. The fourth-order valence-electron chi connectivity index (χ4n) is 3.10. The van der Waals surface area contributed by atoms with E-state index >= 15 is 0 Å². The van der Waals surface area contributed by atoms with Gasteiger partial charge in [0, 0.05) is 12.6 Å². The zero-order valence-corrected chi connectivity index (χ0v) is 12.9. The molecule has 1 aliphatic heterocycles. The molecule has 21 heavy (non-hydrogen) atoms. The van der Waals surface area contributed by atoms with Crippen LogP contribution in [0.5, 0.6) is 0 Å². The van der Waals surface area contributed by atoms with E-state index in [0.29, 0.717) is 25.8 Å². The minimum atomic E-state index is -0.963. The van der Waals surface area contributed by atoms with E-state index in [9.17, 15) is 19.5 Å². The number of nitrogens with zero attached hydrogens (tertiary/aromatic N) is 1. The number of carbonyl (C=O) groups is 3. The van der Waals surface area contributed by atoms with Gasteiger partial charge < -0.3 is 5.11 Å². The number of carboxylic acid groups (broad SMARTS) is 1. The number of rotatable bonds is 8. The van der Waals surface area contributed by atoms with Crippen LogP contribution in [0.2, 0.25) is 0 Å². The minimum absolute atomic E-state index is 0.0358. The summed E-state index contributed by atoms with van der Waals surface area (Å²) in [5.41, 5.74) is -0.963. The Labute approximate surface area is 124 Å². The molecule has 6 nitrogen and oxygen atoms in total. The molecule has 2 fully saturated rings. The van der Waals surface area contributed by atoms with E-state index in [-0.39, 0.29) is 29.7 Å². The van der Waals surface area contributed by atoms with Crippen molar-refractivity contribution in [3.63, 3.8) is 0 Å². The molecule has 1 heterocycles. The molecule has 2 aliphatic rings. The lowest BCUT2D eigenvalue weighted by molar-refractivity contribution is -0.145. The molecule has 3 atom stereocenters. The van der Waals surface area contributed by atoms with Crippen LogP contribution in [0.1, 0.15) is 46.5 Å². The number of amides is 2. The molecule has 0 bridgehead atoms. The second-order valence-electron chi connectivity index (χ2n) is 6.67. The molecule has 3 unspecified atom stereocenters. The molecule has 0 spiro atoms. The van der Waals surface area contributed by atoms with Crippen molar-refractivity contribution in [2.75, 3.05) is 6.54 Å². The van der Waals surface area contributed by atoms with Crippen molar-refractivity contribution >= 4 is 17.8 Å². The average molecular weight is 296 g/mol. The Hall–Kier alpha value is -1.43. The van der Waals surface area contributed by atoms with Crippen molar-refractivity contribution in [3.8, 4) is 0 Å². The molecular weight excluding hydrogens is 272 g/mol. The third kappa shape index (κ3) is 3.26. The monoisotopic (exact) mass is 296 g/mol. The summed E-state index contributed by atoms with van der Waals surface area (Å²) in [6, 6.07) is 0.0833. The molecule has 2 N–H and O–H groups in total. The zero-order valence-electron chi connectivity index (χ0n) is 12.9. The minimum Gasteiger partial charge on any atom is -0.480 e. The molecule has 6 heteroatoms. The van der Waals surface area contributed by atoms with Crippen LogP contribution < -0.4 is 5.32 Å². The lowest BCUT2D eigenvalue weighted by Crippen LogP contribution is -2.52. The highest BCUT2D eigenvalue weighted by Crippen LogP contribution is 2.46. The lowest BCUT2D eigenvalue weighted by Gasteiger charge is -2.29. The maximum atomic E-state index is 11.8. The topological polar surface area (TPSA) is 86.7 Å². The van der Waals surface area contributed by atoms with Crippen molar-refractivity contribution in [1.29, 1.82) is 0 Å². The van der Waals surface area contributed by atoms with Gasteiger partial charge in [0.15, 0.2) is 0 Å². The number of carbonyl (C=O) groups excluding carboxylic acids is 2. The average Bonchev–Trinajstić information content (AvgIpc) is 3.12. The Balaban J connectivity index is 1.77. The number of hydrogen-bond acceptors (Lipinski definition) is 4. The van der Waals surface area contributed by atoms with Crippen LogP contribution in [0.3, 0.4) is 0 Å². The number of likely N-dealkylation sites (tertiary alicyclic amines) is 1. The smallest absolute Gasteiger partial charge is 0.323 e. The van der Waals surface area contributed by atoms with Gasteiger partial charge in [0.2, 0.25) is 11.8 Å². The fraction of sp³-hybridized carbons (Fsp3) is 0.800. The lowest BCUT2D eigenvalue weighted by atomic mass is 9.94. The van der Waals surface area contributed by atoms with Crippen molar-refractivity contribution in [1.82, 2.24) is 10.2 Å². The van der Waals surface area contributed by atoms with E-state index in [4.69, 9.17) is 0 Å². The molecule has 0 aromatic rings. The van der Waals surface area contributed by atoms with Gasteiger partial charge in [-0.2, -0.15) is 0 Å². The summed E-state index contributed by atoms with van der Waals surface area (Å²) < 4.78 is 0. The highest BCUT2D eigenvalue weighted by Gasteiger charge is 2.58. The Morgan fingerprint density at radius 3 is 2.38 bits per heavy atom. The SMILES string of the molecule is CC(C)NC(C)(CCCCN1C(=O)C2CC2C1=O)C(=O)O. The van der Waals surface area contributed by atoms with Crippen LogP contribution in [0, 0.1) is 11.8 Å². The van der Waals surface area contributed by atoms with Crippen LogP contribution >= 0.6 is 0 Å². The predicted octanol–water partition coefficient (Wildman–Crippen LogP) is 1.00. The van der Waals surface area contributed by atoms with E-state index in [2.05, 4.69) is 5.32 Å². The van der Waals surface area contributed by atoms with E-state index < -0.39 is 11.5 Å². The van der Waals surface area contributed by atoms with Crippen LogP contribution in [-0.2, 0) is 14.4 Å². The number of aliphatic carboxylic acids is 1. The highest BCUT2D eigenvalue weighted by molar-refractivity contribution is 6.08. The Morgan fingerprint density at radius 1 is 1.33 bits per heavy atom. The fourth-order valence-corrected chi connectivity index (χ4v) is 3.10. The summed E-state index contributed by atoms with van der Waals surface area (Å²) in [7, 11) is 0. The van der Waals surface area contributed by atoms with Crippen molar-refractivity contribution in [2.24, 2.45) is 11.8 Å². The predicted molar refractivity (Wildman–Crippen MR) is 76.5 cm³/mol. The summed E-state index contributed by atoms with van der Waals surface area (Å²) in [6.45, 7) is 5.92. The van der Waals surface area contributed by atoms with Crippen LogP contribution in [0.4, 0.5) is 0 Å². The maximum absolute atomic E-state index is 11.8. The van der Waals surface area contributed by atoms with Gasteiger partial charge in [0.1, 0.15) is 5.54 Å². The van der Waals surface area contributed by atoms with Crippen LogP contribution in [0.15, 0.2) is 0 Å². The Bertz CT molecular complexity index is 443. The van der Waals surface area contributed by atoms with E-state index in [1.165, 1.54) is 4.90 Å². The highest BCUT2D eigenvalue weighted by atomic mass is 16.4. The van der Waals surface area contributed by atoms with Gasteiger partial charge >= 0.3 is 5.97 Å². The van der Waals surface area contributed by atoms with Gasteiger partial charge in [-0.3, -0.25) is 24.6 Å². The van der Waals surface area contributed by atoms with Crippen molar-refractivity contribution < 1.29 is 19.5 Å². The summed E-state index contributed by atoms with van der Waals surface area (Å²) in [5, 5.41) is 12.4. The molecule has 1 saturated carbocycles. The Kier molecular flexibility index (Phi) is 4.37. The van der Waals surface area contributed by atoms with E-state index in [1.54, 1.807) is 6.92 Å². The quantitative estimate of drug-likeness (QED) is 0.515. The normalized spacial score (nSPS) is 27.0. The third-order valence-electron chi connectivity index (χ3n) is 4.34. The standard InChI is InChI=1S/C15H24N2O4/c1-9(2)16-15(3,14(20)21)6-4-5-7-17-12(18)10-8-11(10)13(17)19/h9-11,16H,4-8H2,1-3H3,(H,20,21). The van der Waals surface area contributed by atoms with Gasteiger partial charge in [-0.25, -0.2) is 0 Å². The first-order chi connectivity index (χ1) is 9.76. The van der Waals surface area contributed by atoms with Gasteiger partial charge in [-0.15, -0.1) is 0 Å². The van der Waals surface area contributed by atoms with Gasteiger partial charge in [0.05, 0.1) is 11.8 Å². The van der Waals surface area contributed by atoms with Gasteiger partial charge in [-0.1, -0.05) is 0 Å². The number of piperidine rings is 1. The van der Waals surface area contributed by atoms with E-state index in [1.807, 2.05) is 13.8 Å². The number of hydrogen-bond donors (Lipinski definition) is 2. The first-order valence-electron chi connectivity index (χ1n) is 7.62. The molecule has 2 amide bonds. The summed E-state index contributed by atoms with van der Waals surface area (Å²) >= 11 is 0. The maximum Gasteiger partial charge on any atom is 0.323 e. The number of nitrogens with one attached hydrogen (secondary N) is 1. The number of fused-ring (bicyclic) bond motifs is 1. The van der Waals surface area contributed by atoms with Gasteiger partial charge in [-0.05, 0) is 46.5 Å². The second-order valence-corrected chi connectivity index (χ2v) is 6.67. The summed E-state index contributed by atoms with van der Waals surface area (Å²) in [4.78, 5) is 36.3. The van der Waals surface area contributed by atoms with Crippen molar-refractivity contribution in [3.05, 3.63) is 0 Å². The molecule has 118 valence electrons. The number of imide groups is 1. The largest absolute Gasteiger partial charge is 0.480 e. The van der Waals surface area contributed by atoms with Crippen molar-refractivity contribution in [2.45, 2.75) is 58.0 Å². The first kappa shape index (κ1) is 15.9. The van der Waals surface area contributed by atoms with E-state index in [0.717, 1.165) is 6.42 Å².